The Kier molecular flexibility index (Phi) is 5.22. The van der Waals surface area contributed by atoms with Crippen LogP contribution in [0, 0.1) is 0 Å². The molecule has 1 rings (SSSR count). The van der Waals surface area contributed by atoms with Crippen molar-refractivity contribution >= 4 is 5.97 Å². The molecule has 0 spiro atoms. The molecule has 17 heavy (non-hydrogen) atoms. The van der Waals surface area contributed by atoms with E-state index in [2.05, 4.69) is 11.8 Å². The van der Waals surface area contributed by atoms with Crippen LogP contribution in [0.4, 0.5) is 0 Å². The van der Waals surface area contributed by atoms with Crippen LogP contribution in [0.15, 0.2) is 16.5 Å². The second-order valence-electron chi connectivity index (χ2n) is 4.37. The first-order chi connectivity index (χ1) is 8.06. The molecule has 1 atom stereocenters. The highest BCUT2D eigenvalue weighted by Gasteiger charge is 2.17. The smallest absolute Gasteiger partial charge is 0.371 e. The fraction of sp³-hybridized carbons (Fsp3) is 0.615. The van der Waals surface area contributed by atoms with E-state index in [9.17, 15) is 4.79 Å². The van der Waals surface area contributed by atoms with Crippen molar-refractivity contribution in [2.75, 3.05) is 13.6 Å². The predicted octanol–water partition coefficient (Wildman–Crippen LogP) is 3.16. The Hall–Kier alpha value is -1.29. The maximum atomic E-state index is 10.7. The number of carboxylic acids is 1. The average molecular weight is 239 g/mol. The number of hydrogen-bond acceptors (Lipinski definition) is 3. The van der Waals surface area contributed by atoms with Gasteiger partial charge in [-0.05, 0) is 39.1 Å². The lowest BCUT2D eigenvalue weighted by atomic mass is 10.2. The fourth-order valence-corrected chi connectivity index (χ4v) is 1.71. The molecule has 0 saturated heterocycles. The Morgan fingerprint density at radius 1 is 1.47 bits per heavy atom. The summed E-state index contributed by atoms with van der Waals surface area (Å²) in [5, 5.41) is 8.78. The third kappa shape index (κ3) is 3.89. The quantitative estimate of drug-likeness (QED) is 0.742. The fourth-order valence-electron chi connectivity index (χ4n) is 1.71. The predicted molar refractivity (Wildman–Crippen MR) is 66.2 cm³/mol. The van der Waals surface area contributed by atoms with Gasteiger partial charge in [0.2, 0.25) is 5.76 Å². The Balaban J connectivity index is 2.55. The topological polar surface area (TPSA) is 53.7 Å². The van der Waals surface area contributed by atoms with Crippen LogP contribution in [-0.2, 0) is 0 Å². The van der Waals surface area contributed by atoms with Crippen molar-refractivity contribution in [1.82, 2.24) is 4.90 Å². The van der Waals surface area contributed by atoms with E-state index < -0.39 is 5.97 Å². The molecule has 0 fully saturated rings. The van der Waals surface area contributed by atoms with Crippen molar-refractivity contribution in [3.8, 4) is 0 Å². The number of unbranched alkanes of at least 4 members (excludes halogenated alkanes) is 2. The van der Waals surface area contributed by atoms with Crippen LogP contribution in [0.1, 0.15) is 55.5 Å². The number of furan rings is 1. The number of carboxylic acid groups (broad SMARTS) is 1. The van der Waals surface area contributed by atoms with E-state index in [1.807, 2.05) is 14.0 Å². The summed E-state index contributed by atoms with van der Waals surface area (Å²) in [4.78, 5) is 12.9. The summed E-state index contributed by atoms with van der Waals surface area (Å²) >= 11 is 0. The molecular formula is C13H21NO3. The van der Waals surface area contributed by atoms with E-state index in [-0.39, 0.29) is 11.8 Å². The lowest BCUT2D eigenvalue weighted by Crippen LogP contribution is -2.23. The maximum Gasteiger partial charge on any atom is 0.371 e. The zero-order valence-electron chi connectivity index (χ0n) is 10.8. The van der Waals surface area contributed by atoms with E-state index in [1.165, 1.54) is 18.9 Å². The van der Waals surface area contributed by atoms with Gasteiger partial charge in [-0.3, -0.25) is 4.90 Å². The van der Waals surface area contributed by atoms with Crippen molar-refractivity contribution in [1.29, 1.82) is 0 Å². The molecule has 1 unspecified atom stereocenters. The summed E-state index contributed by atoms with van der Waals surface area (Å²) in [6.07, 6.45) is 3.57. The lowest BCUT2D eigenvalue weighted by molar-refractivity contribution is 0.0657. The van der Waals surface area contributed by atoms with Gasteiger partial charge in [-0.2, -0.15) is 0 Å². The molecule has 0 amide bonds. The van der Waals surface area contributed by atoms with Gasteiger partial charge >= 0.3 is 5.97 Å². The van der Waals surface area contributed by atoms with E-state index in [0.29, 0.717) is 5.76 Å². The molecule has 0 aliphatic heterocycles. The maximum absolute atomic E-state index is 10.7. The minimum atomic E-state index is -1.02. The second-order valence-corrected chi connectivity index (χ2v) is 4.37. The van der Waals surface area contributed by atoms with Gasteiger partial charge < -0.3 is 9.52 Å². The number of carbonyl (C=O) groups is 1. The SMILES string of the molecule is CCCCCN(C)C(C)c1ccc(C(=O)O)o1. The van der Waals surface area contributed by atoms with Gasteiger partial charge in [0, 0.05) is 0 Å². The van der Waals surface area contributed by atoms with Crippen molar-refractivity contribution in [2.45, 2.75) is 39.2 Å². The number of hydrogen-bond donors (Lipinski definition) is 1. The van der Waals surface area contributed by atoms with E-state index in [1.54, 1.807) is 6.07 Å². The minimum absolute atomic E-state index is 0.00816. The first-order valence-electron chi connectivity index (χ1n) is 6.09. The van der Waals surface area contributed by atoms with Gasteiger partial charge in [-0.1, -0.05) is 19.8 Å². The molecule has 96 valence electrons. The molecule has 0 bridgehead atoms. The first-order valence-corrected chi connectivity index (χ1v) is 6.09. The molecule has 1 aromatic heterocycles. The Morgan fingerprint density at radius 3 is 2.71 bits per heavy atom. The van der Waals surface area contributed by atoms with Gasteiger partial charge in [-0.15, -0.1) is 0 Å². The van der Waals surface area contributed by atoms with E-state index in [4.69, 9.17) is 9.52 Å². The summed E-state index contributed by atoms with van der Waals surface area (Å²) in [5.41, 5.74) is 0. The Labute approximate surface area is 102 Å². The second kappa shape index (κ2) is 6.45. The third-order valence-corrected chi connectivity index (χ3v) is 3.02. The number of nitrogens with zero attached hydrogens (tertiary/aromatic N) is 1. The van der Waals surface area contributed by atoms with Crippen LogP contribution >= 0.6 is 0 Å². The molecule has 0 aromatic carbocycles. The highest BCUT2D eigenvalue weighted by Crippen LogP contribution is 2.21. The zero-order valence-corrected chi connectivity index (χ0v) is 10.8. The molecule has 1 N–H and O–H groups in total. The third-order valence-electron chi connectivity index (χ3n) is 3.02. The van der Waals surface area contributed by atoms with Crippen LogP contribution in [0.5, 0.6) is 0 Å². The van der Waals surface area contributed by atoms with Crippen molar-refractivity contribution < 1.29 is 14.3 Å². The number of aromatic carboxylic acids is 1. The highest BCUT2D eigenvalue weighted by molar-refractivity contribution is 5.84. The van der Waals surface area contributed by atoms with Crippen LogP contribution in [0.25, 0.3) is 0 Å². The van der Waals surface area contributed by atoms with Gasteiger partial charge in [0.1, 0.15) is 5.76 Å². The van der Waals surface area contributed by atoms with Gasteiger partial charge in [0.25, 0.3) is 0 Å². The molecule has 1 aromatic rings. The molecule has 1 heterocycles. The summed E-state index contributed by atoms with van der Waals surface area (Å²) in [5.74, 6) is -0.299. The standard InChI is InChI=1S/C13H21NO3/c1-4-5-6-9-14(3)10(2)11-7-8-12(17-11)13(15)16/h7-8,10H,4-6,9H2,1-3H3,(H,15,16). The lowest BCUT2D eigenvalue weighted by Gasteiger charge is -2.22. The average Bonchev–Trinajstić information content (AvgIpc) is 2.77. The molecule has 0 saturated carbocycles. The Morgan fingerprint density at radius 2 is 2.18 bits per heavy atom. The Bertz CT molecular complexity index is 359. The van der Waals surface area contributed by atoms with Crippen molar-refractivity contribution in [3.05, 3.63) is 23.7 Å². The number of rotatable bonds is 7. The van der Waals surface area contributed by atoms with E-state index in [0.717, 1.165) is 13.0 Å². The summed E-state index contributed by atoms with van der Waals surface area (Å²) < 4.78 is 5.29. The van der Waals surface area contributed by atoms with Crippen LogP contribution in [0.2, 0.25) is 0 Å². The molecule has 4 nitrogen and oxygen atoms in total. The summed E-state index contributed by atoms with van der Waals surface area (Å²) in [7, 11) is 2.03. The zero-order chi connectivity index (χ0) is 12.8. The van der Waals surface area contributed by atoms with E-state index >= 15 is 0 Å². The molecular weight excluding hydrogens is 218 g/mol. The molecule has 0 radical (unpaired) electrons. The van der Waals surface area contributed by atoms with Gasteiger partial charge in [0.15, 0.2) is 0 Å². The van der Waals surface area contributed by atoms with Crippen molar-refractivity contribution in [3.63, 3.8) is 0 Å². The molecule has 0 aliphatic carbocycles. The molecule has 4 heteroatoms. The van der Waals surface area contributed by atoms with Crippen LogP contribution in [-0.4, -0.2) is 29.6 Å². The largest absolute Gasteiger partial charge is 0.475 e. The normalized spacial score (nSPS) is 12.9. The molecule has 0 aliphatic rings. The van der Waals surface area contributed by atoms with Gasteiger partial charge in [0.05, 0.1) is 6.04 Å². The monoisotopic (exact) mass is 239 g/mol. The summed E-state index contributed by atoms with van der Waals surface area (Å²) in [6.45, 7) is 5.20. The minimum Gasteiger partial charge on any atom is -0.475 e. The first kappa shape index (κ1) is 13.8. The van der Waals surface area contributed by atoms with Crippen LogP contribution in [0.3, 0.4) is 0 Å². The highest BCUT2D eigenvalue weighted by atomic mass is 16.4. The summed E-state index contributed by atoms with van der Waals surface area (Å²) in [6, 6.07) is 3.36. The van der Waals surface area contributed by atoms with Crippen molar-refractivity contribution in [2.24, 2.45) is 0 Å². The van der Waals surface area contributed by atoms with Crippen LogP contribution < -0.4 is 0 Å². The van der Waals surface area contributed by atoms with Gasteiger partial charge in [-0.25, -0.2) is 4.79 Å².